The molecule has 0 unspecified atom stereocenters. The van der Waals surface area contributed by atoms with Crippen LogP contribution in [0.4, 0.5) is 5.69 Å². The number of hydrogen-bond acceptors (Lipinski definition) is 8. The summed E-state index contributed by atoms with van der Waals surface area (Å²) in [6.07, 6.45) is 2.60. The average Bonchev–Trinajstić information content (AvgIpc) is 3.31. The lowest BCUT2D eigenvalue weighted by molar-refractivity contribution is -0.119. The van der Waals surface area contributed by atoms with Crippen LogP contribution in [0.5, 0.6) is 0 Å². The van der Waals surface area contributed by atoms with Crippen molar-refractivity contribution in [2.75, 3.05) is 55.7 Å². The van der Waals surface area contributed by atoms with Gasteiger partial charge in [-0.3, -0.25) is 9.10 Å². The molecule has 2 aromatic rings. The number of carbonyl (C=O) groups is 1. The van der Waals surface area contributed by atoms with E-state index in [0.717, 1.165) is 16.3 Å². The van der Waals surface area contributed by atoms with Gasteiger partial charge in [0.2, 0.25) is 26.0 Å². The molecule has 1 fully saturated rings. The monoisotopic (exact) mass is 517 g/mol. The van der Waals surface area contributed by atoms with Crippen molar-refractivity contribution in [2.24, 2.45) is 0 Å². The number of rotatable bonds is 11. The third kappa shape index (κ3) is 7.21. The summed E-state index contributed by atoms with van der Waals surface area (Å²) in [5, 5.41) is 2.70. The maximum absolute atomic E-state index is 12.8. The predicted octanol–water partition coefficient (Wildman–Crippen LogP) is 1.12. The van der Waals surface area contributed by atoms with E-state index in [1.165, 1.54) is 28.6 Å². The topological polar surface area (TPSA) is 126 Å². The van der Waals surface area contributed by atoms with Gasteiger partial charge < -0.3 is 14.5 Å². The first-order valence-corrected chi connectivity index (χ1v) is 14.6. The number of thioether (sulfide) groups is 1. The summed E-state index contributed by atoms with van der Waals surface area (Å²) in [7, 11) is -7.47. The molecule has 0 radical (unpaired) electrons. The summed E-state index contributed by atoms with van der Waals surface area (Å²) in [6, 6.07) is 9.15. The van der Waals surface area contributed by atoms with Gasteiger partial charge in [0.15, 0.2) is 0 Å². The van der Waals surface area contributed by atoms with Gasteiger partial charge in [0.1, 0.15) is 12.3 Å². The molecule has 0 aliphatic carbocycles. The number of morpholine rings is 1. The Labute approximate surface area is 198 Å². The van der Waals surface area contributed by atoms with Gasteiger partial charge in [-0.2, -0.15) is 16.1 Å². The van der Waals surface area contributed by atoms with Gasteiger partial charge in [-0.05, 0) is 36.4 Å². The SMILES string of the molecule is CS(=O)(=O)N(CC(=O)NCCSCc1ccco1)c1ccc(S(=O)(=O)N2CCOCC2)cc1. The van der Waals surface area contributed by atoms with E-state index in [2.05, 4.69) is 5.32 Å². The van der Waals surface area contributed by atoms with Gasteiger partial charge in [-0.25, -0.2) is 16.8 Å². The molecule has 0 atom stereocenters. The second-order valence-electron chi connectivity index (χ2n) is 7.26. The van der Waals surface area contributed by atoms with Gasteiger partial charge in [-0.15, -0.1) is 0 Å². The average molecular weight is 518 g/mol. The van der Waals surface area contributed by atoms with Gasteiger partial charge in [0.05, 0.1) is 42.1 Å². The van der Waals surface area contributed by atoms with E-state index < -0.39 is 32.5 Å². The van der Waals surface area contributed by atoms with Gasteiger partial charge in [0, 0.05) is 25.4 Å². The van der Waals surface area contributed by atoms with Crippen molar-refractivity contribution in [2.45, 2.75) is 10.6 Å². The van der Waals surface area contributed by atoms with Crippen LogP contribution in [0.3, 0.4) is 0 Å². The molecular formula is C20H27N3O7S3. The number of sulfonamides is 2. The third-order valence-electron chi connectivity index (χ3n) is 4.81. The number of hydrogen-bond donors (Lipinski definition) is 1. The summed E-state index contributed by atoms with van der Waals surface area (Å²) in [5.41, 5.74) is 0.209. The largest absolute Gasteiger partial charge is 0.468 e. The summed E-state index contributed by atoms with van der Waals surface area (Å²) in [6.45, 7) is 1.15. The second kappa shape index (κ2) is 11.4. The highest BCUT2D eigenvalue weighted by molar-refractivity contribution is 7.98. The van der Waals surface area contributed by atoms with Crippen molar-refractivity contribution >= 4 is 43.4 Å². The fourth-order valence-corrected chi connectivity index (χ4v) is 6.16. The third-order valence-corrected chi connectivity index (χ3v) is 8.85. The Hall–Kier alpha value is -2.06. The Kier molecular flexibility index (Phi) is 8.82. The lowest BCUT2D eigenvalue weighted by atomic mass is 10.3. The van der Waals surface area contributed by atoms with Crippen LogP contribution in [0, 0.1) is 0 Å². The molecule has 0 bridgehead atoms. The standard InChI is InChI=1S/C20H27N3O7S3/c1-32(25,26)23(15-20(24)21-8-14-31-16-18-3-2-11-30-18)17-4-6-19(7-5-17)33(27,28)22-9-12-29-13-10-22/h2-7,11H,8-10,12-16H2,1H3,(H,21,24). The molecule has 0 spiro atoms. The minimum absolute atomic E-state index is 0.0552. The number of ether oxygens (including phenoxy) is 1. The molecule has 2 heterocycles. The first kappa shape index (κ1) is 25.6. The fourth-order valence-electron chi connectivity index (χ4n) is 3.14. The number of carbonyl (C=O) groups excluding carboxylic acids is 1. The van der Waals surface area contributed by atoms with Crippen molar-refractivity contribution in [3.8, 4) is 0 Å². The zero-order valence-corrected chi connectivity index (χ0v) is 20.6. The van der Waals surface area contributed by atoms with Crippen molar-refractivity contribution in [1.82, 2.24) is 9.62 Å². The Morgan fingerprint density at radius 2 is 1.82 bits per heavy atom. The second-order valence-corrected chi connectivity index (χ2v) is 12.2. The van der Waals surface area contributed by atoms with E-state index in [-0.39, 0.29) is 23.7 Å². The number of amides is 1. The highest BCUT2D eigenvalue weighted by atomic mass is 32.2. The molecule has 1 aliphatic heterocycles. The Morgan fingerprint density at radius 3 is 2.42 bits per heavy atom. The molecule has 1 aromatic heterocycles. The summed E-state index contributed by atoms with van der Waals surface area (Å²) < 4.78 is 62.8. The van der Waals surface area contributed by atoms with Crippen molar-refractivity contribution in [1.29, 1.82) is 0 Å². The van der Waals surface area contributed by atoms with Gasteiger partial charge >= 0.3 is 0 Å². The van der Waals surface area contributed by atoms with E-state index in [4.69, 9.17) is 9.15 Å². The zero-order valence-electron chi connectivity index (χ0n) is 18.2. The summed E-state index contributed by atoms with van der Waals surface area (Å²) in [4.78, 5) is 12.4. The van der Waals surface area contributed by atoms with Crippen LogP contribution in [0.25, 0.3) is 0 Å². The highest BCUT2D eigenvalue weighted by Gasteiger charge is 2.27. The molecule has 182 valence electrons. The minimum Gasteiger partial charge on any atom is -0.468 e. The molecule has 13 heteroatoms. The van der Waals surface area contributed by atoms with E-state index >= 15 is 0 Å². The normalized spacial score (nSPS) is 15.3. The van der Waals surface area contributed by atoms with E-state index in [1.54, 1.807) is 18.0 Å². The van der Waals surface area contributed by atoms with Crippen molar-refractivity contribution < 1.29 is 30.8 Å². The molecule has 1 aromatic carbocycles. The molecule has 1 N–H and O–H groups in total. The van der Waals surface area contributed by atoms with E-state index in [0.29, 0.717) is 31.3 Å². The van der Waals surface area contributed by atoms with Crippen LogP contribution in [0.2, 0.25) is 0 Å². The van der Waals surface area contributed by atoms with Gasteiger partial charge in [0.25, 0.3) is 0 Å². The highest BCUT2D eigenvalue weighted by Crippen LogP contribution is 2.23. The number of furan rings is 1. The molecule has 1 amide bonds. The molecule has 10 nitrogen and oxygen atoms in total. The van der Waals surface area contributed by atoms with Crippen molar-refractivity contribution in [3.05, 3.63) is 48.4 Å². The van der Waals surface area contributed by atoms with Crippen LogP contribution in [-0.4, -0.2) is 78.4 Å². The maximum Gasteiger partial charge on any atom is 0.243 e. The Balaban J connectivity index is 1.58. The van der Waals surface area contributed by atoms with Crippen LogP contribution in [-0.2, 0) is 35.3 Å². The lowest BCUT2D eigenvalue weighted by Gasteiger charge is -2.26. The molecule has 0 saturated carbocycles. The van der Waals surface area contributed by atoms with E-state index in [1.807, 2.05) is 12.1 Å². The number of nitrogens with zero attached hydrogens (tertiary/aromatic N) is 2. The maximum atomic E-state index is 12.8. The molecule has 3 rings (SSSR count). The number of nitrogens with one attached hydrogen (secondary N) is 1. The number of anilines is 1. The Morgan fingerprint density at radius 1 is 1.12 bits per heavy atom. The smallest absolute Gasteiger partial charge is 0.243 e. The molecule has 1 saturated heterocycles. The first-order chi connectivity index (χ1) is 15.7. The van der Waals surface area contributed by atoms with E-state index in [9.17, 15) is 21.6 Å². The van der Waals surface area contributed by atoms with Gasteiger partial charge in [-0.1, -0.05) is 0 Å². The first-order valence-electron chi connectivity index (χ1n) is 10.2. The molecular weight excluding hydrogens is 490 g/mol. The number of benzene rings is 1. The lowest BCUT2D eigenvalue weighted by Crippen LogP contribution is -2.41. The minimum atomic E-state index is -3.77. The van der Waals surface area contributed by atoms with Crippen molar-refractivity contribution in [3.63, 3.8) is 0 Å². The predicted molar refractivity (Wildman–Crippen MR) is 126 cm³/mol. The molecule has 33 heavy (non-hydrogen) atoms. The summed E-state index contributed by atoms with van der Waals surface area (Å²) in [5.74, 6) is 1.70. The zero-order chi connectivity index (χ0) is 23.9. The summed E-state index contributed by atoms with van der Waals surface area (Å²) >= 11 is 1.58. The fraction of sp³-hybridized carbons (Fsp3) is 0.450. The van der Waals surface area contributed by atoms with Crippen LogP contribution < -0.4 is 9.62 Å². The van der Waals surface area contributed by atoms with Crippen LogP contribution >= 0.6 is 11.8 Å². The van der Waals surface area contributed by atoms with Crippen LogP contribution in [0.15, 0.2) is 52.0 Å². The molecule has 1 aliphatic rings. The quantitative estimate of drug-likeness (QED) is 0.440. The van der Waals surface area contributed by atoms with Crippen LogP contribution in [0.1, 0.15) is 5.76 Å². The Bertz CT molecular complexity index is 1110.